The Labute approximate surface area is 203 Å². The van der Waals surface area contributed by atoms with E-state index in [0.717, 1.165) is 53.8 Å². The lowest BCUT2D eigenvalue weighted by atomic mass is 10.1. The van der Waals surface area contributed by atoms with Crippen LogP contribution >= 0.6 is 24.0 Å². The summed E-state index contributed by atoms with van der Waals surface area (Å²) in [5, 5.41) is 6.71. The predicted octanol–water partition coefficient (Wildman–Crippen LogP) is 3.17. The van der Waals surface area contributed by atoms with Crippen LogP contribution in [-0.2, 0) is 13.0 Å². The minimum atomic E-state index is 0. The Morgan fingerprint density at radius 1 is 0.968 bits per heavy atom. The Balaban J connectivity index is 0.00000480. The average Bonchev–Trinajstić information content (AvgIpc) is 2.76. The molecule has 172 valence electrons. The van der Waals surface area contributed by atoms with E-state index in [0.29, 0.717) is 13.2 Å². The van der Waals surface area contributed by atoms with Crippen molar-refractivity contribution in [3.8, 4) is 17.2 Å². The second-order valence-electron chi connectivity index (χ2n) is 7.05. The zero-order valence-electron chi connectivity index (χ0n) is 19.1. The van der Waals surface area contributed by atoms with Gasteiger partial charge < -0.3 is 29.7 Å². The summed E-state index contributed by atoms with van der Waals surface area (Å²) >= 11 is 0. The topological polar surface area (TPSA) is 67.4 Å². The number of para-hydroxylation sites is 1. The van der Waals surface area contributed by atoms with Crippen LogP contribution in [0.4, 0.5) is 0 Å². The first-order chi connectivity index (χ1) is 14.6. The number of nitrogens with one attached hydrogen (secondary N) is 2. The average molecular weight is 542 g/mol. The molecular weight excluding hydrogens is 507 g/mol. The van der Waals surface area contributed by atoms with Crippen molar-refractivity contribution in [3.05, 3.63) is 53.6 Å². The summed E-state index contributed by atoms with van der Waals surface area (Å²) in [5.74, 6) is 3.12. The van der Waals surface area contributed by atoms with Gasteiger partial charge >= 0.3 is 0 Å². The van der Waals surface area contributed by atoms with Crippen molar-refractivity contribution in [3.63, 3.8) is 0 Å². The van der Waals surface area contributed by atoms with Gasteiger partial charge in [-0.3, -0.25) is 4.99 Å². The van der Waals surface area contributed by atoms with Crippen molar-refractivity contribution in [1.29, 1.82) is 0 Å². The van der Waals surface area contributed by atoms with Gasteiger partial charge in [0.25, 0.3) is 0 Å². The molecule has 0 unspecified atom stereocenters. The Bertz CT molecular complexity index is 815. The minimum Gasteiger partial charge on any atom is -0.493 e. The van der Waals surface area contributed by atoms with Gasteiger partial charge in [0.05, 0.1) is 14.2 Å². The Morgan fingerprint density at radius 3 is 2.39 bits per heavy atom. The van der Waals surface area contributed by atoms with E-state index in [-0.39, 0.29) is 24.0 Å². The molecule has 0 aliphatic carbocycles. The molecule has 0 atom stereocenters. The van der Waals surface area contributed by atoms with Crippen LogP contribution in [0.1, 0.15) is 11.1 Å². The number of benzene rings is 2. The van der Waals surface area contributed by atoms with Crippen LogP contribution in [0.25, 0.3) is 0 Å². The number of methoxy groups -OCH3 is 2. The molecule has 0 aliphatic heterocycles. The number of guanidine groups is 1. The molecule has 2 aromatic carbocycles. The Morgan fingerprint density at radius 2 is 1.71 bits per heavy atom. The summed E-state index contributed by atoms with van der Waals surface area (Å²) < 4.78 is 16.6. The molecule has 7 nitrogen and oxygen atoms in total. The number of aliphatic imine (C=N–C) groups is 1. The van der Waals surface area contributed by atoms with E-state index in [1.807, 2.05) is 50.5 Å². The third kappa shape index (κ3) is 9.22. The van der Waals surface area contributed by atoms with Crippen molar-refractivity contribution < 1.29 is 14.2 Å². The fourth-order valence-electron chi connectivity index (χ4n) is 2.89. The highest BCUT2D eigenvalue weighted by Crippen LogP contribution is 2.27. The number of halogens is 1. The minimum absolute atomic E-state index is 0. The van der Waals surface area contributed by atoms with E-state index >= 15 is 0 Å². The number of ether oxygens (including phenoxy) is 3. The highest BCUT2D eigenvalue weighted by Gasteiger charge is 2.07. The fourth-order valence-corrected chi connectivity index (χ4v) is 2.89. The molecule has 0 spiro atoms. The van der Waals surface area contributed by atoms with Gasteiger partial charge in [-0.05, 0) is 44.3 Å². The third-order valence-corrected chi connectivity index (χ3v) is 4.59. The van der Waals surface area contributed by atoms with Crippen LogP contribution in [0.2, 0.25) is 0 Å². The molecule has 0 amide bonds. The first-order valence-electron chi connectivity index (χ1n) is 10.1. The lowest BCUT2D eigenvalue weighted by Crippen LogP contribution is -2.38. The predicted molar refractivity (Wildman–Crippen MR) is 137 cm³/mol. The van der Waals surface area contributed by atoms with Crippen LogP contribution in [-0.4, -0.2) is 65.9 Å². The van der Waals surface area contributed by atoms with Crippen LogP contribution in [0.5, 0.6) is 17.2 Å². The Hall–Kier alpha value is -2.20. The smallest absolute Gasteiger partial charge is 0.191 e. The second kappa shape index (κ2) is 14.7. The van der Waals surface area contributed by atoms with Gasteiger partial charge in [0.1, 0.15) is 12.4 Å². The van der Waals surface area contributed by atoms with E-state index in [2.05, 4.69) is 26.6 Å². The zero-order valence-corrected chi connectivity index (χ0v) is 21.4. The van der Waals surface area contributed by atoms with Crippen LogP contribution in [0.15, 0.2) is 47.5 Å². The van der Waals surface area contributed by atoms with E-state index in [1.165, 1.54) is 0 Å². The summed E-state index contributed by atoms with van der Waals surface area (Å²) in [6.45, 7) is 2.91. The van der Waals surface area contributed by atoms with Crippen molar-refractivity contribution in [2.75, 3.05) is 55.1 Å². The molecule has 8 heteroatoms. The van der Waals surface area contributed by atoms with Gasteiger partial charge in [-0.1, -0.05) is 24.3 Å². The normalized spacial score (nSPS) is 11.0. The monoisotopic (exact) mass is 542 g/mol. The molecule has 31 heavy (non-hydrogen) atoms. The number of nitrogens with zero attached hydrogens (tertiary/aromatic N) is 2. The highest BCUT2D eigenvalue weighted by molar-refractivity contribution is 14.0. The molecule has 0 saturated carbocycles. The first-order valence-corrected chi connectivity index (χ1v) is 10.1. The maximum absolute atomic E-state index is 5.93. The maximum atomic E-state index is 5.93. The lowest BCUT2D eigenvalue weighted by Gasteiger charge is -2.16. The zero-order chi connectivity index (χ0) is 21.8. The van der Waals surface area contributed by atoms with Crippen LogP contribution in [0.3, 0.4) is 0 Å². The van der Waals surface area contributed by atoms with Crippen molar-refractivity contribution in [2.45, 2.75) is 13.0 Å². The molecule has 0 fully saturated rings. The van der Waals surface area contributed by atoms with E-state index in [9.17, 15) is 0 Å². The number of rotatable bonds is 11. The molecule has 2 N–H and O–H groups in total. The van der Waals surface area contributed by atoms with Crippen LogP contribution < -0.4 is 24.8 Å². The van der Waals surface area contributed by atoms with Gasteiger partial charge in [0, 0.05) is 32.2 Å². The fraction of sp³-hybridized carbons (Fsp3) is 0.435. The van der Waals surface area contributed by atoms with E-state index in [4.69, 9.17) is 14.2 Å². The summed E-state index contributed by atoms with van der Waals surface area (Å²) in [7, 11) is 9.13. The summed E-state index contributed by atoms with van der Waals surface area (Å²) in [6.07, 6.45) is 0.839. The number of hydrogen-bond donors (Lipinski definition) is 2. The molecule has 0 radical (unpaired) electrons. The summed E-state index contributed by atoms with van der Waals surface area (Å²) in [5.41, 5.74) is 2.26. The number of likely N-dealkylation sites (N-methyl/N-ethyl adjacent to an activating group) is 1. The van der Waals surface area contributed by atoms with Gasteiger partial charge in [-0.2, -0.15) is 0 Å². The van der Waals surface area contributed by atoms with Gasteiger partial charge in [-0.15, -0.1) is 24.0 Å². The molecule has 0 aliphatic rings. The van der Waals surface area contributed by atoms with Gasteiger partial charge in [-0.25, -0.2) is 0 Å². The molecule has 2 aromatic rings. The summed E-state index contributed by atoms with van der Waals surface area (Å²) in [4.78, 5) is 6.41. The van der Waals surface area contributed by atoms with Crippen molar-refractivity contribution in [1.82, 2.24) is 15.5 Å². The second-order valence-corrected chi connectivity index (χ2v) is 7.05. The molecule has 0 bridgehead atoms. The van der Waals surface area contributed by atoms with E-state index in [1.54, 1.807) is 21.3 Å². The first kappa shape index (κ1) is 26.8. The number of hydrogen-bond acceptors (Lipinski definition) is 5. The van der Waals surface area contributed by atoms with E-state index < -0.39 is 0 Å². The van der Waals surface area contributed by atoms with Crippen LogP contribution in [0, 0.1) is 0 Å². The molecular formula is C23H35IN4O3. The van der Waals surface area contributed by atoms with Gasteiger partial charge in [0.2, 0.25) is 0 Å². The molecule has 0 heterocycles. The quantitative estimate of drug-likeness (QED) is 0.259. The van der Waals surface area contributed by atoms with Gasteiger partial charge in [0.15, 0.2) is 17.5 Å². The lowest BCUT2D eigenvalue weighted by molar-refractivity contribution is 0.259. The molecule has 0 saturated heterocycles. The third-order valence-electron chi connectivity index (χ3n) is 4.59. The molecule has 2 rings (SSSR count). The maximum Gasteiger partial charge on any atom is 0.191 e. The highest BCUT2D eigenvalue weighted by atomic mass is 127. The van der Waals surface area contributed by atoms with Crippen molar-refractivity contribution in [2.24, 2.45) is 4.99 Å². The Kier molecular flexibility index (Phi) is 12.8. The SMILES string of the molecule is CN=C(NCCc1ccc(OC)c(OC)c1)NCc1ccccc1OCCN(C)C.I. The van der Waals surface area contributed by atoms with Crippen molar-refractivity contribution >= 4 is 29.9 Å². The summed E-state index contributed by atoms with van der Waals surface area (Å²) in [6, 6.07) is 14.0. The standard InChI is InChI=1S/C23H34N4O3.HI/c1-24-23(25-13-12-18-10-11-21(28-4)22(16-18)29-5)26-17-19-8-6-7-9-20(19)30-15-14-27(2)3;/h6-11,16H,12-15,17H2,1-5H3,(H2,24,25,26);1H. The molecule has 0 aromatic heterocycles. The largest absolute Gasteiger partial charge is 0.493 e.